The summed E-state index contributed by atoms with van der Waals surface area (Å²) in [5, 5.41) is 6.99. The first-order valence-corrected chi connectivity index (χ1v) is 7.38. The summed E-state index contributed by atoms with van der Waals surface area (Å²) in [6.07, 6.45) is 0.469. The molecule has 0 radical (unpaired) electrons. The van der Waals surface area contributed by atoms with Gasteiger partial charge in [-0.1, -0.05) is 36.7 Å². The van der Waals surface area contributed by atoms with Crippen molar-refractivity contribution in [2.45, 2.75) is 26.3 Å². The molecule has 1 atom stereocenters. The first kappa shape index (κ1) is 15.4. The van der Waals surface area contributed by atoms with Crippen LogP contribution in [0.2, 0.25) is 5.02 Å². The minimum absolute atomic E-state index is 0.00930. The van der Waals surface area contributed by atoms with E-state index in [1.807, 2.05) is 55.5 Å². The molecule has 110 valence electrons. The van der Waals surface area contributed by atoms with E-state index in [2.05, 4.69) is 17.6 Å². The van der Waals surface area contributed by atoms with Crippen molar-refractivity contribution in [2.24, 2.45) is 0 Å². The maximum Gasteiger partial charge on any atom is 0.224 e. The second-order valence-corrected chi connectivity index (χ2v) is 5.34. The molecule has 2 aromatic carbocycles. The van der Waals surface area contributed by atoms with E-state index in [1.165, 1.54) is 0 Å². The normalized spacial score (nSPS) is 11.8. The topological polar surface area (TPSA) is 41.1 Å². The van der Waals surface area contributed by atoms with Crippen molar-refractivity contribution < 1.29 is 4.79 Å². The molecule has 0 aliphatic carbocycles. The van der Waals surface area contributed by atoms with Gasteiger partial charge in [-0.2, -0.15) is 0 Å². The highest BCUT2D eigenvalue weighted by Gasteiger charge is 2.06. The molecule has 2 rings (SSSR count). The van der Waals surface area contributed by atoms with E-state index in [4.69, 9.17) is 11.6 Å². The zero-order valence-corrected chi connectivity index (χ0v) is 12.9. The van der Waals surface area contributed by atoms with Crippen molar-refractivity contribution in [3.05, 3.63) is 59.1 Å². The van der Waals surface area contributed by atoms with E-state index in [1.54, 1.807) is 0 Å². The van der Waals surface area contributed by atoms with Crippen LogP contribution >= 0.6 is 11.6 Å². The predicted molar refractivity (Wildman–Crippen MR) is 88.9 cm³/mol. The Morgan fingerprint density at radius 1 is 1.14 bits per heavy atom. The lowest BCUT2D eigenvalue weighted by Crippen LogP contribution is -2.10. The third-order valence-corrected chi connectivity index (χ3v) is 3.43. The van der Waals surface area contributed by atoms with Crippen molar-refractivity contribution in [1.82, 2.24) is 0 Å². The molecule has 0 saturated carbocycles. The first-order chi connectivity index (χ1) is 10.1. The molecular formula is C17H19ClN2O. The fourth-order valence-electron chi connectivity index (χ4n) is 2.05. The number of nitrogens with one attached hydrogen (secondary N) is 2. The molecule has 0 heterocycles. The molecule has 1 amide bonds. The fourth-order valence-corrected chi connectivity index (χ4v) is 2.24. The Labute approximate surface area is 130 Å². The van der Waals surface area contributed by atoms with E-state index < -0.39 is 0 Å². The smallest absolute Gasteiger partial charge is 0.224 e. The number of benzene rings is 2. The third kappa shape index (κ3) is 4.50. The number of rotatable bonds is 5. The molecule has 2 aromatic rings. The second kappa shape index (κ2) is 7.14. The van der Waals surface area contributed by atoms with Crippen LogP contribution in [0.1, 0.15) is 31.9 Å². The van der Waals surface area contributed by atoms with E-state index in [0.717, 1.165) is 22.0 Å². The van der Waals surface area contributed by atoms with Gasteiger partial charge in [0.1, 0.15) is 0 Å². The zero-order chi connectivity index (χ0) is 15.2. The van der Waals surface area contributed by atoms with Crippen molar-refractivity contribution in [3.8, 4) is 0 Å². The Hall–Kier alpha value is -2.00. The largest absolute Gasteiger partial charge is 0.378 e. The molecule has 0 aliphatic rings. The minimum atomic E-state index is 0.00930. The van der Waals surface area contributed by atoms with Crippen molar-refractivity contribution in [3.63, 3.8) is 0 Å². The lowest BCUT2D eigenvalue weighted by atomic mass is 10.1. The van der Waals surface area contributed by atoms with Gasteiger partial charge in [0.05, 0.1) is 0 Å². The number of carbonyl (C=O) groups excluding carboxylic acids is 1. The van der Waals surface area contributed by atoms with Crippen LogP contribution in [0.5, 0.6) is 0 Å². The van der Waals surface area contributed by atoms with Crippen LogP contribution in [-0.2, 0) is 4.79 Å². The number of hydrogen-bond donors (Lipinski definition) is 2. The van der Waals surface area contributed by atoms with Crippen LogP contribution in [0.15, 0.2) is 48.5 Å². The van der Waals surface area contributed by atoms with Gasteiger partial charge in [-0.3, -0.25) is 4.79 Å². The van der Waals surface area contributed by atoms with Gasteiger partial charge < -0.3 is 10.6 Å². The highest BCUT2D eigenvalue weighted by molar-refractivity contribution is 6.30. The summed E-state index contributed by atoms with van der Waals surface area (Å²) >= 11 is 6.02. The lowest BCUT2D eigenvalue weighted by molar-refractivity contribution is -0.115. The average Bonchev–Trinajstić information content (AvgIpc) is 2.47. The summed E-state index contributed by atoms with van der Waals surface area (Å²) < 4.78 is 0. The van der Waals surface area contributed by atoms with Crippen molar-refractivity contribution >= 4 is 28.9 Å². The number of carbonyl (C=O) groups is 1. The Kier molecular flexibility index (Phi) is 5.23. The monoisotopic (exact) mass is 302 g/mol. The van der Waals surface area contributed by atoms with Gasteiger partial charge in [0.25, 0.3) is 0 Å². The van der Waals surface area contributed by atoms with Gasteiger partial charge in [0.2, 0.25) is 5.91 Å². The third-order valence-electron chi connectivity index (χ3n) is 3.20. The Morgan fingerprint density at radius 2 is 1.86 bits per heavy atom. The number of hydrogen-bond acceptors (Lipinski definition) is 2. The Bertz CT molecular complexity index is 628. The highest BCUT2D eigenvalue weighted by atomic mass is 35.5. The molecule has 4 heteroatoms. The van der Waals surface area contributed by atoms with E-state index in [9.17, 15) is 4.79 Å². The molecule has 1 unspecified atom stereocenters. The molecule has 3 nitrogen and oxygen atoms in total. The number of amides is 1. The zero-order valence-electron chi connectivity index (χ0n) is 12.2. The van der Waals surface area contributed by atoms with Crippen LogP contribution in [0.25, 0.3) is 0 Å². The summed E-state index contributed by atoms with van der Waals surface area (Å²) in [6.45, 7) is 3.90. The quantitative estimate of drug-likeness (QED) is 0.828. The van der Waals surface area contributed by atoms with Gasteiger partial charge in [0.15, 0.2) is 0 Å². The molecule has 2 N–H and O–H groups in total. The molecule has 0 bridgehead atoms. The maximum absolute atomic E-state index is 11.4. The number of anilines is 2. The van der Waals surface area contributed by atoms with Crippen LogP contribution < -0.4 is 10.6 Å². The van der Waals surface area contributed by atoms with Crippen LogP contribution in [-0.4, -0.2) is 5.91 Å². The van der Waals surface area contributed by atoms with Crippen LogP contribution in [0.3, 0.4) is 0 Å². The summed E-state index contributed by atoms with van der Waals surface area (Å²) in [4.78, 5) is 11.4. The molecule has 0 saturated heterocycles. The van der Waals surface area contributed by atoms with Gasteiger partial charge in [0, 0.05) is 28.9 Å². The van der Waals surface area contributed by atoms with Gasteiger partial charge in [-0.15, -0.1) is 0 Å². The molecule has 0 fully saturated rings. The maximum atomic E-state index is 11.4. The summed E-state index contributed by atoms with van der Waals surface area (Å²) in [5.41, 5.74) is 2.87. The molecule has 21 heavy (non-hydrogen) atoms. The predicted octanol–water partition coefficient (Wildman–Crippen LogP) is 4.86. The summed E-state index contributed by atoms with van der Waals surface area (Å²) in [7, 11) is 0. The van der Waals surface area contributed by atoms with E-state index in [-0.39, 0.29) is 11.9 Å². The summed E-state index contributed by atoms with van der Waals surface area (Å²) in [6, 6.07) is 15.6. The van der Waals surface area contributed by atoms with E-state index in [0.29, 0.717) is 6.42 Å². The fraction of sp³-hybridized carbons (Fsp3) is 0.235. The standard InChI is InChI=1S/C17H19ClN2O/c1-3-17(21)20-16-9-5-8-15(11-16)19-12(2)13-6-4-7-14(18)10-13/h4-12,19H,3H2,1-2H3,(H,20,21). The van der Waals surface area contributed by atoms with Gasteiger partial charge in [-0.25, -0.2) is 0 Å². The molecule has 0 aromatic heterocycles. The number of halogens is 1. The first-order valence-electron chi connectivity index (χ1n) is 7.00. The minimum Gasteiger partial charge on any atom is -0.378 e. The lowest BCUT2D eigenvalue weighted by Gasteiger charge is -2.17. The average molecular weight is 303 g/mol. The molecular weight excluding hydrogens is 284 g/mol. The van der Waals surface area contributed by atoms with Gasteiger partial charge in [-0.05, 0) is 42.8 Å². The Morgan fingerprint density at radius 3 is 2.57 bits per heavy atom. The molecule has 0 spiro atoms. The van der Waals surface area contributed by atoms with Crippen LogP contribution in [0.4, 0.5) is 11.4 Å². The van der Waals surface area contributed by atoms with Crippen LogP contribution in [0, 0.1) is 0 Å². The van der Waals surface area contributed by atoms with Crippen molar-refractivity contribution in [2.75, 3.05) is 10.6 Å². The van der Waals surface area contributed by atoms with Crippen molar-refractivity contribution in [1.29, 1.82) is 0 Å². The highest BCUT2D eigenvalue weighted by Crippen LogP contribution is 2.23. The Balaban J connectivity index is 2.08. The molecule has 0 aliphatic heterocycles. The van der Waals surface area contributed by atoms with E-state index >= 15 is 0 Å². The summed E-state index contributed by atoms with van der Waals surface area (Å²) in [5.74, 6) is 0.00930. The SMILES string of the molecule is CCC(=O)Nc1cccc(NC(C)c2cccc(Cl)c2)c1. The van der Waals surface area contributed by atoms with Gasteiger partial charge >= 0.3 is 0 Å². The second-order valence-electron chi connectivity index (χ2n) is 4.90.